The molecule has 1 heterocycles. The van der Waals surface area contributed by atoms with Crippen molar-refractivity contribution in [1.82, 2.24) is 4.98 Å². The van der Waals surface area contributed by atoms with Gasteiger partial charge in [-0.15, -0.1) is 0 Å². The Balaban J connectivity index is 2.12. The Bertz CT molecular complexity index is 889. The van der Waals surface area contributed by atoms with Gasteiger partial charge in [0.2, 0.25) is 0 Å². The van der Waals surface area contributed by atoms with E-state index in [1.54, 1.807) is 19.9 Å². The molecule has 0 bridgehead atoms. The summed E-state index contributed by atoms with van der Waals surface area (Å²) in [5.41, 5.74) is 3.83. The summed E-state index contributed by atoms with van der Waals surface area (Å²) in [6.07, 6.45) is 0.582. The van der Waals surface area contributed by atoms with Gasteiger partial charge in [0, 0.05) is 5.69 Å². The van der Waals surface area contributed by atoms with Gasteiger partial charge in [-0.3, -0.25) is 9.59 Å². The van der Waals surface area contributed by atoms with E-state index in [1.165, 1.54) is 0 Å². The van der Waals surface area contributed by atoms with E-state index in [2.05, 4.69) is 4.98 Å². The smallest absolute Gasteiger partial charge is 0.311 e. The molecule has 0 unspecified atom stereocenters. The highest BCUT2D eigenvalue weighted by Crippen LogP contribution is 2.20. The third-order valence-electron chi connectivity index (χ3n) is 4.05. The second kappa shape index (κ2) is 7.14. The van der Waals surface area contributed by atoms with Crippen LogP contribution in [-0.2, 0) is 11.2 Å². The number of pyridine rings is 1. The summed E-state index contributed by atoms with van der Waals surface area (Å²) >= 11 is 0. The summed E-state index contributed by atoms with van der Waals surface area (Å²) in [6, 6.07) is 7.55. The Morgan fingerprint density at radius 1 is 1.25 bits per heavy atom. The average molecular weight is 324 g/mol. The number of nitriles is 1. The van der Waals surface area contributed by atoms with Crippen molar-refractivity contribution in [3.63, 3.8) is 0 Å². The van der Waals surface area contributed by atoms with Gasteiger partial charge < -0.3 is 9.72 Å². The zero-order chi connectivity index (χ0) is 17.9. The van der Waals surface area contributed by atoms with E-state index in [-0.39, 0.29) is 18.0 Å². The summed E-state index contributed by atoms with van der Waals surface area (Å²) in [7, 11) is 0. The summed E-state index contributed by atoms with van der Waals surface area (Å²) in [5.74, 6) is 0.212. The van der Waals surface area contributed by atoms with Crippen LogP contribution >= 0.6 is 0 Å². The van der Waals surface area contributed by atoms with Crippen LogP contribution in [0.5, 0.6) is 5.75 Å². The largest absolute Gasteiger partial charge is 0.426 e. The molecule has 0 spiro atoms. The molecule has 0 aliphatic rings. The van der Waals surface area contributed by atoms with Gasteiger partial charge >= 0.3 is 5.97 Å². The molecule has 124 valence electrons. The maximum atomic E-state index is 12.1. The number of esters is 1. The molecular formula is C19H20N2O3. The van der Waals surface area contributed by atoms with Crippen molar-refractivity contribution in [2.45, 2.75) is 40.5 Å². The summed E-state index contributed by atoms with van der Waals surface area (Å²) in [6.45, 7) is 7.37. The van der Waals surface area contributed by atoms with Crippen LogP contribution in [0.3, 0.4) is 0 Å². The van der Waals surface area contributed by atoms with E-state index in [0.29, 0.717) is 23.4 Å². The average Bonchev–Trinajstić information content (AvgIpc) is 2.50. The van der Waals surface area contributed by atoms with Crippen LogP contribution < -0.4 is 10.3 Å². The Hall–Kier alpha value is -2.87. The first kappa shape index (κ1) is 17.5. The fourth-order valence-corrected chi connectivity index (χ4v) is 2.73. The number of rotatable bonds is 4. The van der Waals surface area contributed by atoms with Crippen LogP contribution in [0.2, 0.25) is 0 Å². The van der Waals surface area contributed by atoms with Gasteiger partial charge in [-0.25, -0.2) is 0 Å². The van der Waals surface area contributed by atoms with Crippen molar-refractivity contribution < 1.29 is 9.53 Å². The lowest BCUT2D eigenvalue weighted by Crippen LogP contribution is -2.18. The predicted molar refractivity (Wildman–Crippen MR) is 91.1 cm³/mol. The number of benzene rings is 1. The molecule has 5 nitrogen and oxygen atoms in total. The molecular weight excluding hydrogens is 304 g/mol. The lowest BCUT2D eigenvalue weighted by atomic mass is 9.99. The van der Waals surface area contributed by atoms with E-state index in [0.717, 1.165) is 16.7 Å². The molecule has 0 saturated carbocycles. The second-order valence-corrected chi connectivity index (χ2v) is 5.91. The molecule has 0 aliphatic heterocycles. The highest BCUT2D eigenvalue weighted by Gasteiger charge is 2.14. The van der Waals surface area contributed by atoms with Gasteiger partial charge in [0.1, 0.15) is 17.4 Å². The normalized spacial score (nSPS) is 10.3. The Labute approximate surface area is 140 Å². The van der Waals surface area contributed by atoms with Gasteiger partial charge in [-0.2, -0.15) is 5.26 Å². The maximum absolute atomic E-state index is 12.1. The molecule has 1 aromatic heterocycles. The first-order chi connectivity index (χ1) is 11.3. The SMILES string of the molecule is Cc1ccc(OC(=O)CCc2c(C)[nH]c(=O)c(C#N)c2C)c(C)c1. The van der Waals surface area contributed by atoms with E-state index >= 15 is 0 Å². The number of aromatic amines is 1. The molecule has 5 heteroatoms. The number of carbonyl (C=O) groups excluding carboxylic acids is 1. The minimum absolute atomic E-state index is 0.0957. The van der Waals surface area contributed by atoms with Crippen LogP contribution in [0.1, 0.15) is 39.9 Å². The lowest BCUT2D eigenvalue weighted by Gasteiger charge is -2.11. The van der Waals surface area contributed by atoms with E-state index in [4.69, 9.17) is 10.00 Å². The van der Waals surface area contributed by atoms with Gasteiger partial charge in [0.25, 0.3) is 5.56 Å². The molecule has 2 rings (SSSR count). The molecule has 0 amide bonds. The van der Waals surface area contributed by atoms with E-state index in [1.807, 2.05) is 32.0 Å². The number of nitrogens with one attached hydrogen (secondary N) is 1. The monoisotopic (exact) mass is 324 g/mol. The summed E-state index contributed by atoms with van der Waals surface area (Å²) < 4.78 is 5.41. The van der Waals surface area contributed by atoms with Crippen molar-refractivity contribution in [2.24, 2.45) is 0 Å². The quantitative estimate of drug-likeness (QED) is 0.692. The number of carbonyl (C=O) groups is 1. The first-order valence-electron chi connectivity index (χ1n) is 7.74. The van der Waals surface area contributed by atoms with Crippen molar-refractivity contribution >= 4 is 5.97 Å². The standard InChI is InChI=1S/C19H20N2O3/c1-11-5-7-17(12(2)9-11)24-18(22)8-6-15-13(3)16(10-20)19(23)21-14(15)4/h5,7,9H,6,8H2,1-4H3,(H,21,23). The molecule has 1 aromatic carbocycles. The molecule has 0 aliphatic carbocycles. The number of hydrogen-bond acceptors (Lipinski definition) is 4. The number of hydrogen-bond donors (Lipinski definition) is 1. The molecule has 1 N–H and O–H groups in total. The highest BCUT2D eigenvalue weighted by molar-refractivity contribution is 5.73. The number of H-pyrrole nitrogens is 1. The Morgan fingerprint density at radius 3 is 2.58 bits per heavy atom. The number of aryl methyl sites for hydroxylation is 3. The van der Waals surface area contributed by atoms with Crippen LogP contribution in [0.25, 0.3) is 0 Å². The fourth-order valence-electron chi connectivity index (χ4n) is 2.73. The zero-order valence-corrected chi connectivity index (χ0v) is 14.3. The maximum Gasteiger partial charge on any atom is 0.311 e. The van der Waals surface area contributed by atoms with E-state index < -0.39 is 5.56 Å². The minimum Gasteiger partial charge on any atom is -0.426 e. The molecule has 2 aromatic rings. The van der Waals surface area contributed by atoms with Gasteiger partial charge in [-0.05, 0) is 56.9 Å². The Morgan fingerprint density at radius 2 is 1.96 bits per heavy atom. The van der Waals surface area contributed by atoms with Crippen LogP contribution in [0.15, 0.2) is 23.0 Å². The fraction of sp³-hybridized carbons (Fsp3) is 0.316. The van der Waals surface area contributed by atoms with Gasteiger partial charge in [0.05, 0.1) is 6.42 Å². The summed E-state index contributed by atoms with van der Waals surface area (Å²) in [5, 5.41) is 9.08. The highest BCUT2D eigenvalue weighted by atomic mass is 16.5. The molecule has 0 saturated heterocycles. The third kappa shape index (κ3) is 3.72. The van der Waals surface area contributed by atoms with Crippen LogP contribution in [0.4, 0.5) is 0 Å². The number of ether oxygens (including phenoxy) is 1. The van der Waals surface area contributed by atoms with Crippen LogP contribution in [0, 0.1) is 39.0 Å². The van der Waals surface area contributed by atoms with Crippen molar-refractivity contribution in [1.29, 1.82) is 5.26 Å². The summed E-state index contributed by atoms with van der Waals surface area (Å²) in [4.78, 5) is 26.5. The molecule has 0 atom stereocenters. The van der Waals surface area contributed by atoms with Crippen molar-refractivity contribution in [3.8, 4) is 11.8 Å². The van der Waals surface area contributed by atoms with Gasteiger partial charge in [-0.1, -0.05) is 17.7 Å². The second-order valence-electron chi connectivity index (χ2n) is 5.91. The molecule has 0 radical (unpaired) electrons. The molecule has 24 heavy (non-hydrogen) atoms. The van der Waals surface area contributed by atoms with Crippen molar-refractivity contribution in [2.75, 3.05) is 0 Å². The Kier molecular flexibility index (Phi) is 5.20. The third-order valence-corrected chi connectivity index (χ3v) is 4.05. The first-order valence-corrected chi connectivity index (χ1v) is 7.74. The zero-order valence-electron chi connectivity index (χ0n) is 14.3. The number of aromatic nitrogens is 1. The predicted octanol–water partition coefficient (Wildman–Crippen LogP) is 3.02. The van der Waals surface area contributed by atoms with Crippen LogP contribution in [-0.4, -0.2) is 11.0 Å². The molecule has 0 fully saturated rings. The van der Waals surface area contributed by atoms with E-state index in [9.17, 15) is 9.59 Å². The minimum atomic E-state index is -0.394. The van der Waals surface area contributed by atoms with Gasteiger partial charge in [0.15, 0.2) is 0 Å². The number of nitrogens with zero attached hydrogens (tertiary/aromatic N) is 1. The lowest BCUT2D eigenvalue weighted by molar-refractivity contribution is -0.134. The van der Waals surface area contributed by atoms with Crippen molar-refractivity contribution in [3.05, 3.63) is 62.1 Å². The topological polar surface area (TPSA) is 83.0 Å².